The minimum Gasteiger partial charge on any atom is -0.399 e. The molecule has 7 heteroatoms. The van der Waals surface area contributed by atoms with Gasteiger partial charge in [0.2, 0.25) is 11.8 Å². The first-order valence-corrected chi connectivity index (χ1v) is 7.23. The molecule has 0 aliphatic carbocycles. The van der Waals surface area contributed by atoms with Gasteiger partial charge in [-0.2, -0.15) is 0 Å². The predicted octanol–water partition coefficient (Wildman–Crippen LogP) is 1.20. The van der Waals surface area contributed by atoms with E-state index in [1.54, 1.807) is 23.1 Å². The largest absolute Gasteiger partial charge is 0.399 e. The van der Waals surface area contributed by atoms with E-state index in [1.807, 2.05) is 0 Å². The molecule has 2 amide bonds. The second-order valence-corrected chi connectivity index (χ2v) is 5.58. The standard InChI is InChI=1S/C14H19ClN4O2/c15-10-5-4-9(16)7-11(10)18-13(20)8-19-6-2-1-3-12(19)14(17)21/h4-5,7,12H,1-3,6,8,16H2,(H2,17,21)(H,18,20). The number of likely N-dealkylation sites (tertiary alicyclic amines) is 1. The van der Waals surface area contributed by atoms with Crippen LogP contribution < -0.4 is 16.8 Å². The summed E-state index contributed by atoms with van der Waals surface area (Å²) in [6.45, 7) is 0.796. The lowest BCUT2D eigenvalue weighted by Gasteiger charge is -2.32. The minimum atomic E-state index is -0.385. The molecule has 1 unspecified atom stereocenters. The van der Waals surface area contributed by atoms with Gasteiger partial charge in [-0.15, -0.1) is 0 Å². The summed E-state index contributed by atoms with van der Waals surface area (Å²) in [6, 6.07) is 4.51. The van der Waals surface area contributed by atoms with Crippen LogP contribution in [-0.2, 0) is 9.59 Å². The van der Waals surface area contributed by atoms with Crippen LogP contribution in [0.4, 0.5) is 11.4 Å². The number of carbonyl (C=O) groups is 2. The van der Waals surface area contributed by atoms with Gasteiger partial charge >= 0.3 is 0 Å². The summed E-state index contributed by atoms with van der Waals surface area (Å²) in [5.74, 6) is -0.625. The summed E-state index contributed by atoms with van der Waals surface area (Å²) in [7, 11) is 0. The number of primary amides is 1. The number of halogens is 1. The zero-order valence-corrected chi connectivity index (χ0v) is 12.4. The van der Waals surface area contributed by atoms with Crippen LogP contribution in [-0.4, -0.2) is 35.8 Å². The summed E-state index contributed by atoms with van der Waals surface area (Å²) in [5.41, 5.74) is 12.0. The molecule has 0 bridgehead atoms. The zero-order chi connectivity index (χ0) is 15.4. The van der Waals surface area contributed by atoms with Crippen molar-refractivity contribution in [3.63, 3.8) is 0 Å². The Balaban J connectivity index is 2.00. The lowest BCUT2D eigenvalue weighted by molar-refractivity contribution is -0.126. The molecule has 0 saturated carbocycles. The van der Waals surface area contributed by atoms with Gasteiger partial charge in [0, 0.05) is 5.69 Å². The van der Waals surface area contributed by atoms with Gasteiger partial charge in [0.15, 0.2) is 0 Å². The Kier molecular flexibility index (Phi) is 5.03. The van der Waals surface area contributed by atoms with E-state index >= 15 is 0 Å². The lowest BCUT2D eigenvalue weighted by Crippen LogP contribution is -2.50. The maximum absolute atomic E-state index is 12.1. The highest BCUT2D eigenvalue weighted by Gasteiger charge is 2.28. The second-order valence-electron chi connectivity index (χ2n) is 5.17. The first-order chi connectivity index (χ1) is 9.97. The number of amides is 2. The van der Waals surface area contributed by atoms with Crippen LogP contribution in [0.15, 0.2) is 18.2 Å². The average molecular weight is 311 g/mol. The van der Waals surface area contributed by atoms with Crippen molar-refractivity contribution < 1.29 is 9.59 Å². The molecule has 1 aromatic rings. The van der Waals surface area contributed by atoms with E-state index in [-0.39, 0.29) is 24.4 Å². The van der Waals surface area contributed by atoms with E-state index in [1.165, 1.54) is 0 Å². The SMILES string of the molecule is NC(=O)C1CCCCN1CC(=O)Nc1cc(N)ccc1Cl. The van der Waals surface area contributed by atoms with Crippen LogP contribution in [0.3, 0.4) is 0 Å². The summed E-state index contributed by atoms with van der Waals surface area (Å²) in [5, 5.41) is 3.13. The fourth-order valence-electron chi connectivity index (χ4n) is 2.52. The molecule has 0 spiro atoms. The quantitative estimate of drug-likeness (QED) is 0.727. The molecule has 1 fully saturated rings. The molecule has 114 valence electrons. The number of rotatable bonds is 4. The van der Waals surface area contributed by atoms with Crippen LogP contribution >= 0.6 is 11.6 Å². The van der Waals surface area contributed by atoms with E-state index in [4.69, 9.17) is 23.1 Å². The molecule has 1 saturated heterocycles. The van der Waals surface area contributed by atoms with Crippen LogP contribution in [0.25, 0.3) is 0 Å². The highest BCUT2D eigenvalue weighted by Crippen LogP contribution is 2.24. The molecule has 1 heterocycles. The molecule has 1 atom stereocenters. The third-order valence-electron chi connectivity index (χ3n) is 3.55. The summed E-state index contributed by atoms with van der Waals surface area (Å²) >= 11 is 6.00. The van der Waals surface area contributed by atoms with E-state index in [0.29, 0.717) is 29.4 Å². The predicted molar refractivity (Wildman–Crippen MR) is 82.9 cm³/mol. The van der Waals surface area contributed by atoms with Gasteiger partial charge < -0.3 is 16.8 Å². The molecule has 21 heavy (non-hydrogen) atoms. The van der Waals surface area contributed by atoms with Gasteiger partial charge in [0.05, 0.1) is 23.3 Å². The number of anilines is 2. The first kappa shape index (κ1) is 15.6. The number of hydrogen-bond donors (Lipinski definition) is 3. The Morgan fingerprint density at radius 1 is 1.38 bits per heavy atom. The summed E-state index contributed by atoms with van der Waals surface area (Å²) < 4.78 is 0. The van der Waals surface area contributed by atoms with Crippen molar-refractivity contribution in [2.45, 2.75) is 25.3 Å². The van der Waals surface area contributed by atoms with Crippen molar-refractivity contribution in [2.75, 3.05) is 24.1 Å². The fourth-order valence-corrected chi connectivity index (χ4v) is 2.68. The number of carbonyl (C=O) groups excluding carboxylic acids is 2. The van der Waals surface area contributed by atoms with Gasteiger partial charge in [-0.3, -0.25) is 14.5 Å². The van der Waals surface area contributed by atoms with Crippen LogP contribution in [0.1, 0.15) is 19.3 Å². The Hall–Kier alpha value is -1.79. The van der Waals surface area contributed by atoms with E-state index in [0.717, 1.165) is 12.8 Å². The third-order valence-corrected chi connectivity index (χ3v) is 3.88. The topological polar surface area (TPSA) is 101 Å². The monoisotopic (exact) mass is 310 g/mol. The molecular formula is C14H19ClN4O2. The summed E-state index contributed by atoms with van der Waals surface area (Å²) in [6.07, 6.45) is 2.60. The smallest absolute Gasteiger partial charge is 0.238 e. The maximum Gasteiger partial charge on any atom is 0.238 e. The van der Waals surface area contributed by atoms with Crippen LogP contribution in [0.2, 0.25) is 5.02 Å². The number of piperidine rings is 1. The van der Waals surface area contributed by atoms with Gasteiger partial charge in [0.1, 0.15) is 0 Å². The van der Waals surface area contributed by atoms with E-state index < -0.39 is 0 Å². The Labute approximate surface area is 128 Å². The number of benzene rings is 1. The third kappa shape index (κ3) is 4.09. The molecular weight excluding hydrogens is 292 g/mol. The van der Waals surface area contributed by atoms with E-state index in [2.05, 4.69) is 5.32 Å². The minimum absolute atomic E-state index is 0.110. The fraction of sp³-hybridized carbons (Fsp3) is 0.429. The number of nitrogen functional groups attached to an aromatic ring is 1. The molecule has 0 radical (unpaired) electrons. The normalized spacial score (nSPS) is 19.2. The highest BCUT2D eigenvalue weighted by atomic mass is 35.5. The van der Waals surface area contributed by atoms with Gasteiger partial charge in [-0.05, 0) is 37.6 Å². The van der Waals surface area contributed by atoms with Crippen molar-refractivity contribution in [3.05, 3.63) is 23.2 Å². The van der Waals surface area contributed by atoms with E-state index in [9.17, 15) is 9.59 Å². The number of nitrogens with two attached hydrogens (primary N) is 2. The van der Waals surface area contributed by atoms with Crippen molar-refractivity contribution in [3.8, 4) is 0 Å². The van der Waals surface area contributed by atoms with Crippen molar-refractivity contribution in [2.24, 2.45) is 5.73 Å². The number of nitrogens with one attached hydrogen (secondary N) is 1. The molecule has 1 aromatic carbocycles. The first-order valence-electron chi connectivity index (χ1n) is 6.85. The van der Waals surface area contributed by atoms with Gasteiger partial charge in [0.25, 0.3) is 0 Å². The summed E-state index contributed by atoms with van der Waals surface area (Å²) in [4.78, 5) is 25.3. The van der Waals surface area contributed by atoms with Crippen molar-refractivity contribution in [1.29, 1.82) is 0 Å². The Bertz CT molecular complexity index is 550. The molecule has 2 rings (SSSR count). The highest BCUT2D eigenvalue weighted by molar-refractivity contribution is 6.33. The average Bonchev–Trinajstić information content (AvgIpc) is 2.43. The molecule has 6 nitrogen and oxygen atoms in total. The Morgan fingerprint density at radius 3 is 2.86 bits per heavy atom. The molecule has 0 aromatic heterocycles. The molecule has 1 aliphatic rings. The van der Waals surface area contributed by atoms with Crippen LogP contribution in [0.5, 0.6) is 0 Å². The maximum atomic E-state index is 12.1. The second kappa shape index (κ2) is 6.78. The zero-order valence-electron chi connectivity index (χ0n) is 11.6. The lowest BCUT2D eigenvalue weighted by atomic mass is 10.0. The number of nitrogens with zero attached hydrogens (tertiary/aromatic N) is 1. The molecule has 5 N–H and O–H groups in total. The Morgan fingerprint density at radius 2 is 2.14 bits per heavy atom. The van der Waals surface area contributed by atoms with Gasteiger partial charge in [-0.1, -0.05) is 18.0 Å². The number of hydrogen-bond acceptors (Lipinski definition) is 4. The van der Waals surface area contributed by atoms with Crippen molar-refractivity contribution >= 4 is 34.8 Å². The van der Waals surface area contributed by atoms with Crippen molar-refractivity contribution in [1.82, 2.24) is 4.90 Å². The molecule has 1 aliphatic heterocycles. The van der Waals surface area contributed by atoms with Crippen LogP contribution in [0, 0.1) is 0 Å². The van der Waals surface area contributed by atoms with Gasteiger partial charge in [-0.25, -0.2) is 0 Å².